The zero-order chi connectivity index (χ0) is 13.8. The molecule has 2 rings (SSSR count). The minimum absolute atomic E-state index is 0.106. The van der Waals surface area contributed by atoms with E-state index in [1.165, 1.54) is 12.8 Å². The lowest BCUT2D eigenvalue weighted by molar-refractivity contribution is -0.134. The highest BCUT2D eigenvalue weighted by Gasteiger charge is 2.28. The van der Waals surface area contributed by atoms with Gasteiger partial charge in [-0.15, -0.1) is 0 Å². The molecule has 0 aromatic rings. The van der Waals surface area contributed by atoms with Crippen LogP contribution in [0.5, 0.6) is 0 Å². The molecule has 2 aliphatic rings. The second-order valence-corrected chi connectivity index (χ2v) is 6.25. The van der Waals surface area contributed by atoms with Gasteiger partial charge in [-0.05, 0) is 44.4 Å². The lowest BCUT2D eigenvalue weighted by atomic mass is 9.86. The van der Waals surface area contributed by atoms with Gasteiger partial charge in [0.05, 0.1) is 0 Å². The maximum absolute atomic E-state index is 12.2. The maximum Gasteiger partial charge on any atom is 0.223 e. The summed E-state index contributed by atoms with van der Waals surface area (Å²) < 4.78 is 0. The lowest BCUT2D eigenvalue weighted by Crippen LogP contribution is -2.45. The molecule has 108 valence electrons. The maximum atomic E-state index is 12.2. The molecule has 0 aromatic heterocycles. The Balaban J connectivity index is 1.74. The Hall–Kier alpha value is -1.06. The third-order valence-corrected chi connectivity index (χ3v) is 4.67. The van der Waals surface area contributed by atoms with E-state index in [1.807, 2.05) is 4.90 Å². The third-order valence-electron chi connectivity index (χ3n) is 4.67. The summed E-state index contributed by atoms with van der Waals surface area (Å²) in [6.45, 7) is 5.35. The average Bonchev–Trinajstić information content (AvgIpc) is 2.41. The first kappa shape index (κ1) is 14.4. The van der Waals surface area contributed by atoms with Gasteiger partial charge in [0.15, 0.2) is 0 Å². The Morgan fingerprint density at radius 1 is 1.00 bits per heavy atom. The van der Waals surface area contributed by atoms with E-state index in [4.69, 9.17) is 0 Å². The predicted octanol–water partition coefficient (Wildman–Crippen LogP) is 1.94. The summed E-state index contributed by atoms with van der Waals surface area (Å²) in [5.74, 6) is 1.25. The van der Waals surface area contributed by atoms with Crippen LogP contribution in [0.2, 0.25) is 0 Å². The van der Waals surface area contributed by atoms with Crippen molar-refractivity contribution in [2.45, 2.75) is 58.4 Å². The Kier molecular flexibility index (Phi) is 4.83. The third kappa shape index (κ3) is 3.95. The number of amides is 2. The van der Waals surface area contributed by atoms with Crippen molar-refractivity contribution in [2.24, 2.45) is 11.8 Å². The van der Waals surface area contributed by atoms with Gasteiger partial charge in [0.2, 0.25) is 11.8 Å². The first-order chi connectivity index (χ1) is 9.06. The number of hydrogen-bond acceptors (Lipinski definition) is 2. The Bertz CT molecular complexity index is 327. The van der Waals surface area contributed by atoms with Gasteiger partial charge in [-0.3, -0.25) is 9.59 Å². The molecule has 2 fully saturated rings. The fourth-order valence-electron chi connectivity index (χ4n) is 3.18. The molecule has 2 amide bonds. The topological polar surface area (TPSA) is 49.4 Å². The second-order valence-electron chi connectivity index (χ2n) is 6.25. The quantitative estimate of drug-likeness (QED) is 0.830. The highest BCUT2D eigenvalue weighted by atomic mass is 16.2. The van der Waals surface area contributed by atoms with E-state index >= 15 is 0 Å². The summed E-state index contributed by atoms with van der Waals surface area (Å²) in [6, 6.07) is 0.384. The van der Waals surface area contributed by atoms with E-state index in [9.17, 15) is 9.59 Å². The first-order valence-electron chi connectivity index (χ1n) is 7.62. The molecule has 1 aliphatic carbocycles. The van der Waals surface area contributed by atoms with Crippen molar-refractivity contribution >= 4 is 11.8 Å². The molecular weight excluding hydrogens is 240 g/mol. The van der Waals surface area contributed by atoms with Gasteiger partial charge < -0.3 is 10.2 Å². The number of carbonyl (C=O) groups excluding carboxylic acids is 2. The molecule has 1 saturated carbocycles. The van der Waals surface area contributed by atoms with E-state index in [0.29, 0.717) is 6.04 Å². The molecule has 0 bridgehead atoms. The summed E-state index contributed by atoms with van der Waals surface area (Å²) in [4.78, 5) is 25.3. The van der Waals surface area contributed by atoms with E-state index in [-0.39, 0.29) is 17.7 Å². The standard InChI is InChI=1S/C15H26N2O2/c1-11-3-5-14(6-4-11)16-15(19)13-7-9-17(10-8-13)12(2)18/h11,13-14H,3-10H2,1-2H3,(H,16,19). The Morgan fingerprint density at radius 3 is 2.11 bits per heavy atom. The van der Waals surface area contributed by atoms with Crippen LogP contribution in [0.1, 0.15) is 52.4 Å². The average molecular weight is 266 g/mol. The van der Waals surface area contributed by atoms with E-state index in [2.05, 4.69) is 12.2 Å². The number of likely N-dealkylation sites (tertiary alicyclic amines) is 1. The van der Waals surface area contributed by atoms with Crippen molar-refractivity contribution in [1.82, 2.24) is 10.2 Å². The van der Waals surface area contributed by atoms with Gasteiger partial charge >= 0.3 is 0 Å². The van der Waals surface area contributed by atoms with Crippen LogP contribution >= 0.6 is 0 Å². The van der Waals surface area contributed by atoms with Gasteiger partial charge in [0.25, 0.3) is 0 Å². The number of hydrogen-bond donors (Lipinski definition) is 1. The largest absolute Gasteiger partial charge is 0.353 e. The smallest absolute Gasteiger partial charge is 0.223 e. The SMILES string of the molecule is CC(=O)N1CCC(C(=O)NC2CCC(C)CC2)CC1. The van der Waals surface area contributed by atoms with Crippen molar-refractivity contribution in [3.63, 3.8) is 0 Å². The molecule has 1 aliphatic heterocycles. The molecule has 0 atom stereocenters. The van der Waals surface area contributed by atoms with Gasteiger partial charge in [-0.25, -0.2) is 0 Å². The molecule has 1 heterocycles. The zero-order valence-electron chi connectivity index (χ0n) is 12.2. The Labute approximate surface area is 115 Å². The van der Waals surface area contributed by atoms with Crippen LogP contribution in [-0.4, -0.2) is 35.8 Å². The number of carbonyl (C=O) groups is 2. The van der Waals surface area contributed by atoms with Crippen molar-refractivity contribution < 1.29 is 9.59 Å². The van der Waals surface area contributed by atoms with Crippen molar-refractivity contribution in [3.8, 4) is 0 Å². The van der Waals surface area contributed by atoms with E-state index in [0.717, 1.165) is 44.7 Å². The number of rotatable bonds is 2. The second kappa shape index (κ2) is 6.40. The van der Waals surface area contributed by atoms with Crippen LogP contribution in [0, 0.1) is 11.8 Å². The summed E-state index contributed by atoms with van der Waals surface area (Å²) in [5, 5.41) is 3.21. The van der Waals surface area contributed by atoms with E-state index < -0.39 is 0 Å². The molecule has 0 spiro atoms. The van der Waals surface area contributed by atoms with Crippen molar-refractivity contribution in [1.29, 1.82) is 0 Å². The molecule has 0 aromatic carbocycles. The molecule has 1 saturated heterocycles. The molecule has 4 heteroatoms. The van der Waals surface area contributed by atoms with Gasteiger partial charge in [-0.1, -0.05) is 6.92 Å². The number of piperidine rings is 1. The summed E-state index contributed by atoms with van der Waals surface area (Å²) in [6.07, 6.45) is 6.34. The van der Waals surface area contributed by atoms with Gasteiger partial charge in [0, 0.05) is 32.0 Å². The monoisotopic (exact) mass is 266 g/mol. The van der Waals surface area contributed by atoms with Crippen LogP contribution in [-0.2, 0) is 9.59 Å². The molecule has 1 N–H and O–H groups in total. The first-order valence-corrected chi connectivity index (χ1v) is 7.62. The molecule has 0 radical (unpaired) electrons. The molecular formula is C15H26N2O2. The minimum Gasteiger partial charge on any atom is -0.353 e. The van der Waals surface area contributed by atoms with Gasteiger partial charge in [0.1, 0.15) is 0 Å². The lowest BCUT2D eigenvalue weighted by Gasteiger charge is -2.33. The van der Waals surface area contributed by atoms with Gasteiger partial charge in [-0.2, -0.15) is 0 Å². The fraction of sp³-hybridized carbons (Fsp3) is 0.867. The Morgan fingerprint density at radius 2 is 1.58 bits per heavy atom. The zero-order valence-corrected chi connectivity index (χ0v) is 12.2. The van der Waals surface area contributed by atoms with Crippen LogP contribution < -0.4 is 5.32 Å². The van der Waals surface area contributed by atoms with Crippen LogP contribution in [0.15, 0.2) is 0 Å². The summed E-state index contributed by atoms with van der Waals surface area (Å²) in [5.41, 5.74) is 0. The summed E-state index contributed by atoms with van der Waals surface area (Å²) >= 11 is 0. The van der Waals surface area contributed by atoms with Crippen molar-refractivity contribution in [3.05, 3.63) is 0 Å². The number of nitrogens with one attached hydrogen (secondary N) is 1. The van der Waals surface area contributed by atoms with Crippen LogP contribution in [0.3, 0.4) is 0 Å². The van der Waals surface area contributed by atoms with Crippen LogP contribution in [0.25, 0.3) is 0 Å². The summed E-state index contributed by atoms with van der Waals surface area (Å²) in [7, 11) is 0. The predicted molar refractivity (Wildman–Crippen MR) is 74.5 cm³/mol. The molecule has 19 heavy (non-hydrogen) atoms. The normalized spacial score (nSPS) is 29.1. The fourth-order valence-corrected chi connectivity index (χ4v) is 3.18. The minimum atomic E-state index is 0.106. The highest BCUT2D eigenvalue weighted by Crippen LogP contribution is 2.24. The molecule has 4 nitrogen and oxygen atoms in total. The van der Waals surface area contributed by atoms with E-state index in [1.54, 1.807) is 6.92 Å². The van der Waals surface area contributed by atoms with Crippen molar-refractivity contribution in [2.75, 3.05) is 13.1 Å². The number of nitrogens with zero attached hydrogens (tertiary/aromatic N) is 1. The highest BCUT2D eigenvalue weighted by molar-refractivity contribution is 5.79. The van der Waals surface area contributed by atoms with Crippen LogP contribution in [0.4, 0.5) is 0 Å². The molecule has 0 unspecified atom stereocenters.